The molecular formula is C15H11ClO2S. The minimum atomic E-state index is -1.15. The molecule has 0 fully saturated rings. The second kappa shape index (κ2) is 4.83. The van der Waals surface area contributed by atoms with Crippen molar-refractivity contribution >= 4 is 33.4 Å². The van der Waals surface area contributed by atoms with Gasteiger partial charge in [0, 0.05) is 22.2 Å². The highest BCUT2D eigenvalue weighted by atomic mass is 35.5. The normalized spacial score (nSPS) is 12.7. The van der Waals surface area contributed by atoms with E-state index in [2.05, 4.69) is 0 Å². The van der Waals surface area contributed by atoms with Gasteiger partial charge in [-0.25, -0.2) is 0 Å². The van der Waals surface area contributed by atoms with E-state index < -0.39 is 10.8 Å². The molecule has 0 bridgehead atoms. The monoisotopic (exact) mass is 290 g/mol. The first-order valence-corrected chi connectivity index (χ1v) is 7.71. The average Bonchev–Trinajstić information content (AvgIpc) is 2.78. The molecule has 0 aliphatic rings. The lowest BCUT2D eigenvalue weighted by Crippen LogP contribution is -1.88. The SMILES string of the molecule is CS(=O)c1c(-c2ccccc2)oc2ccc(Cl)cc12. The number of hydrogen-bond acceptors (Lipinski definition) is 2. The summed E-state index contributed by atoms with van der Waals surface area (Å²) in [4.78, 5) is 0.698. The van der Waals surface area contributed by atoms with Crippen LogP contribution in [0.2, 0.25) is 5.02 Å². The van der Waals surface area contributed by atoms with Gasteiger partial charge in [-0.1, -0.05) is 41.9 Å². The van der Waals surface area contributed by atoms with Gasteiger partial charge in [0.15, 0.2) is 5.76 Å². The van der Waals surface area contributed by atoms with Gasteiger partial charge in [-0.3, -0.25) is 4.21 Å². The van der Waals surface area contributed by atoms with Crippen LogP contribution in [-0.4, -0.2) is 10.5 Å². The summed E-state index contributed by atoms with van der Waals surface area (Å²) in [5, 5.41) is 1.42. The predicted molar refractivity (Wildman–Crippen MR) is 79.0 cm³/mol. The maximum absolute atomic E-state index is 12.0. The Hall–Kier alpha value is -1.58. The highest BCUT2D eigenvalue weighted by molar-refractivity contribution is 7.84. The summed E-state index contributed by atoms with van der Waals surface area (Å²) >= 11 is 6.01. The highest BCUT2D eigenvalue weighted by Gasteiger charge is 2.18. The molecule has 0 saturated carbocycles. The van der Waals surface area contributed by atoms with Crippen LogP contribution in [0.15, 0.2) is 57.8 Å². The molecule has 0 aliphatic carbocycles. The predicted octanol–water partition coefficient (Wildman–Crippen LogP) is 4.49. The summed E-state index contributed by atoms with van der Waals surface area (Å²) in [6, 6.07) is 15.0. The second-order valence-corrected chi connectivity index (χ2v) is 5.97. The van der Waals surface area contributed by atoms with Crippen molar-refractivity contribution < 1.29 is 8.63 Å². The van der Waals surface area contributed by atoms with Crippen LogP contribution < -0.4 is 0 Å². The molecular weight excluding hydrogens is 280 g/mol. The van der Waals surface area contributed by atoms with E-state index in [0.717, 1.165) is 10.9 Å². The second-order valence-electron chi connectivity index (χ2n) is 4.22. The van der Waals surface area contributed by atoms with Crippen LogP contribution in [0.25, 0.3) is 22.3 Å². The van der Waals surface area contributed by atoms with Crippen LogP contribution in [0.3, 0.4) is 0 Å². The summed E-state index contributed by atoms with van der Waals surface area (Å²) in [6.45, 7) is 0. The zero-order chi connectivity index (χ0) is 13.4. The summed E-state index contributed by atoms with van der Waals surface area (Å²) in [5.74, 6) is 0.652. The average molecular weight is 291 g/mol. The molecule has 1 heterocycles. The minimum absolute atomic E-state index is 0.611. The Morgan fingerprint density at radius 1 is 1.11 bits per heavy atom. The van der Waals surface area contributed by atoms with Crippen molar-refractivity contribution in [3.63, 3.8) is 0 Å². The molecule has 96 valence electrons. The smallest absolute Gasteiger partial charge is 0.151 e. The maximum Gasteiger partial charge on any atom is 0.151 e. The molecule has 3 rings (SSSR count). The van der Waals surface area contributed by atoms with E-state index in [0.29, 0.717) is 21.3 Å². The highest BCUT2D eigenvalue weighted by Crippen LogP contribution is 2.36. The van der Waals surface area contributed by atoms with Crippen LogP contribution >= 0.6 is 11.6 Å². The fourth-order valence-electron chi connectivity index (χ4n) is 2.11. The number of fused-ring (bicyclic) bond motifs is 1. The molecule has 0 N–H and O–H groups in total. The van der Waals surface area contributed by atoms with Crippen molar-refractivity contribution in [1.82, 2.24) is 0 Å². The molecule has 2 nitrogen and oxygen atoms in total. The third-order valence-electron chi connectivity index (χ3n) is 2.93. The van der Waals surface area contributed by atoms with E-state index in [9.17, 15) is 4.21 Å². The van der Waals surface area contributed by atoms with E-state index in [1.54, 1.807) is 24.5 Å². The van der Waals surface area contributed by atoms with Crippen molar-refractivity contribution in [3.05, 3.63) is 53.6 Å². The van der Waals surface area contributed by atoms with Crippen LogP contribution in [0, 0.1) is 0 Å². The Balaban J connectivity index is 2.36. The van der Waals surface area contributed by atoms with Gasteiger partial charge >= 0.3 is 0 Å². The molecule has 19 heavy (non-hydrogen) atoms. The first-order valence-electron chi connectivity index (χ1n) is 5.77. The minimum Gasteiger partial charge on any atom is -0.455 e. The Kier molecular flexibility index (Phi) is 3.17. The fourth-order valence-corrected chi connectivity index (χ4v) is 3.17. The number of halogens is 1. The zero-order valence-corrected chi connectivity index (χ0v) is 11.8. The Bertz CT molecular complexity index is 762. The Labute approximate surface area is 118 Å². The Morgan fingerprint density at radius 2 is 1.84 bits per heavy atom. The van der Waals surface area contributed by atoms with Gasteiger partial charge in [0.05, 0.1) is 15.7 Å². The quantitative estimate of drug-likeness (QED) is 0.696. The Morgan fingerprint density at radius 3 is 2.53 bits per heavy atom. The van der Waals surface area contributed by atoms with Crippen LogP contribution in [0.4, 0.5) is 0 Å². The molecule has 4 heteroatoms. The molecule has 1 unspecified atom stereocenters. The number of furan rings is 1. The molecule has 2 aromatic carbocycles. The van der Waals surface area contributed by atoms with Crippen LogP contribution in [0.5, 0.6) is 0 Å². The maximum atomic E-state index is 12.0. The van der Waals surface area contributed by atoms with Gasteiger partial charge in [0.1, 0.15) is 5.58 Å². The molecule has 0 aliphatic heterocycles. The van der Waals surface area contributed by atoms with E-state index in [4.69, 9.17) is 16.0 Å². The van der Waals surface area contributed by atoms with Crippen molar-refractivity contribution in [2.45, 2.75) is 4.90 Å². The van der Waals surface area contributed by atoms with E-state index in [-0.39, 0.29) is 0 Å². The first kappa shape index (κ1) is 12.5. The number of rotatable bonds is 2. The van der Waals surface area contributed by atoms with Crippen molar-refractivity contribution in [2.75, 3.05) is 6.26 Å². The lowest BCUT2D eigenvalue weighted by atomic mass is 10.1. The standard InChI is InChI=1S/C15H11ClO2S/c1-19(17)15-12-9-11(16)7-8-13(12)18-14(15)10-5-3-2-4-6-10/h2-9H,1H3. The fraction of sp³-hybridized carbons (Fsp3) is 0.0667. The van der Waals surface area contributed by atoms with Gasteiger partial charge in [0.2, 0.25) is 0 Å². The van der Waals surface area contributed by atoms with Crippen molar-refractivity contribution in [1.29, 1.82) is 0 Å². The third-order valence-corrected chi connectivity index (χ3v) is 4.14. The third kappa shape index (κ3) is 2.20. The topological polar surface area (TPSA) is 30.2 Å². The molecule has 1 aromatic heterocycles. The van der Waals surface area contributed by atoms with E-state index in [1.807, 2.05) is 30.3 Å². The van der Waals surface area contributed by atoms with Gasteiger partial charge in [-0.15, -0.1) is 0 Å². The summed E-state index contributed by atoms with van der Waals surface area (Å²) in [7, 11) is -1.15. The largest absolute Gasteiger partial charge is 0.455 e. The molecule has 0 saturated heterocycles. The molecule has 0 radical (unpaired) electrons. The van der Waals surface area contributed by atoms with Crippen LogP contribution in [0.1, 0.15) is 0 Å². The van der Waals surface area contributed by atoms with Gasteiger partial charge < -0.3 is 4.42 Å². The lowest BCUT2D eigenvalue weighted by molar-refractivity contribution is 0.622. The van der Waals surface area contributed by atoms with E-state index in [1.165, 1.54) is 0 Å². The molecule has 1 atom stereocenters. The van der Waals surface area contributed by atoms with Crippen molar-refractivity contribution in [2.24, 2.45) is 0 Å². The first-order chi connectivity index (χ1) is 9.16. The van der Waals surface area contributed by atoms with E-state index >= 15 is 0 Å². The molecule has 0 amide bonds. The van der Waals surface area contributed by atoms with Crippen LogP contribution in [-0.2, 0) is 10.8 Å². The molecule has 3 aromatic rings. The number of benzene rings is 2. The van der Waals surface area contributed by atoms with Gasteiger partial charge in [-0.05, 0) is 18.2 Å². The summed E-state index contributed by atoms with van der Waals surface area (Å²) in [5.41, 5.74) is 1.62. The summed E-state index contributed by atoms with van der Waals surface area (Å²) < 4.78 is 17.9. The number of hydrogen-bond donors (Lipinski definition) is 0. The van der Waals surface area contributed by atoms with Gasteiger partial charge in [-0.2, -0.15) is 0 Å². The van der Waals surface area contributed by atoms with Gasteiger partial charge in [0.25, 0.3) is 0 Å². The lowest BCUT2D eigenvalue weighted by Gasteiger charge is -1.99. The zero-order valence-electron chi connectivity index (χ0n) is 10.2. The molecule has 0 spiro atoms. The summed E-state index contributed by atoms with van der Waals surface area (Å²) in [6.07, 6.45) is 1.65. The van der Waals surface area contributed by atoms with Crippen molar-refractivity contribution in [3.8, 4) is 11.3 Å².